The third kappa shape index (κ3) is 2.18. The number of pyridine rings is 1. The average Bonchev–Trinajstić information content (AvgIpc) is 2.92. The molecule has 2 aromatic rings. The Morgan fingerprint density at radius 3 is 3.00 bits per heavy atom. The predicted octanol–water partition coefficient (Wildman–Crippen LogP) is 0.858. The van der Waals surface area contributed by atoms with Crippen molar-refractivity contribution in [2.45, 2.75) is 24.5 Å². The van der Waals surface area contributed by atoms with E-state index in [1.807, 2.05) is 12.1 Å². The van der Waals surface area contributed by atoms with Gasteiger partial charge in [-0.1, -0.05) is 6.07 Å². The van der Waals surface area contributed by atoms with Crippen molar-refractivity contribution in [1.82, 2.24) is 14.6 Å². The minimum atomic E-state index is -2.96. The van der Waals surface area contributed by atoms with Crippen molar-refractivity contribution in [2.75, 3.05) is 12.9 Å². The third-order valence-corrected chi connectivity index (χ3v) is 5.73. The number of hydrogen-bond donors (Lipinski definition) is 0. The Balaban J connectivity index is 1.94. The molecule has 0 radical (unpaired) electrons. The first-order valence-corrected chi connectivity index (χ1v) is 7.92. The molecule has 3 rings (SSSR count). The van der Waals surface area contributed by atoms with Crippen LogP contribution >= 0.6 is 0 Å². The van der Waals surface area contributed by atoms with Gasteiger partial charge in [0.25, 0.3) is 0 Å². The van der Waals surface area contributed by atoms with Crippen LogP contribution in [0, 0.1) is 0 Å². The first kappa shape index (κ1) is 12.4. The third-order valence-electron chi connectivity index (χ3n) is 3.45. The van der Waals surface area contributed by atoms with Crippen LogP contribution in [0.15, 0.2) is 18.2 Å². The molecule has 1 saturated heterocycles. The van der Waals surface area contributed by atoms with E-state index in [0.717, 1.165) is 6.42 Å². The Morgan fingerprint density at radius 1 is 1.47 bits per heavy atom. The van der Waals surface area contributed by atoms with Crippen molar-refractivity contribution < 1.29 is 13.2 Å². The zero-order chi connectivity index (χ0) is 13.5. The van der Waals surface area contributed by atoms with E-state index >= 15 is 0 Å². The molecular formula is C12H15N3O3S. The Morgan fingerprint density at radius 2 is 2.32 bits per heavy atom. The Labute approximate surface area is 111 Å². The van der Waals surface area contributed by atoms with Gasteiger partial charge in [0.1, 0.15) is 0 Å². The summed E-state index contributed by atoms with van der Waals surface area (Å²) >= 11 is 0. The van der Waals surface area contributed by atoms with Crippen LogP contribution < -0.4 is 4.74 Å². The van der Waals surface area contributed by atoms with Gasteiger partial charge in [-0.3, -0.25) is 0 Å². The summed E-state index contributed by atoms with van der Waals surface area (Å²) in [5, 5.41) is 3.99. The number of ether oxygens (including phenoxy) is 1. The number of fused-ring (bicyclic) bond motifs is 1. The lowest BCUT2D eigenvalue weighted by molar-refractivity contribution is 0.385. The summed E-state index contributed by atoms with van der Waals surface area (Å²) < 4.78 is 30.4. The highest BCUT2D eigenvalue weighted by atomic mass is 32.2. The number of sulfone groups is 1. The molecular weight excluding hydrogens is 266 g/mol. The topological polar surface area (TPSA) is 73.6 Å². The average molecular weight is 281 g/mol. The van der Waals surface area contributed by atoms with Gasteiger partial charge in [0.2, 0.25) is 5.88 Å². The quantitative estimate of drug-likeness (QED) is 0.834. The zero-order valence-electron chi connectivity index (χ0n) is 10.6. The second-order valence-corrected chi connectivity index (χ2v) is 7.10. The fraction of sp³-hybridized carbons (Fsp3) is 0.500. The normalized spacial score (nSPS) is 21.8. The lowest BCUT2D eigenvalue weighted by Crippen LogP contribution is -2.19. The lowest BCUT2D eigenvalue weighted by Gasteiger charge is -2.05. The maximum absolute atomic E-state index is 11.8. The molecule has 0 bridgehead atoms. The highest BCUT2D eigenvalue weighted by Crippen LogP contribution is 2.23. The second kappa shape index (κ2) is 4.48. The number of methoxy groups -OCH3 is 1. The van der Waals surface area contributed by atoms with Crippen molar-refractivity contribution >= 4 is 15.5 Å². The first-order valence-electron chi connectivity index (χ1n) is 6.20. The Kier molecular flexibility index (Phi) is 2.93. The zero-order valence-corrected chi connectivity index (χ0v) is 11.4. The van der Waals surface area contributed by atoms with Gasteiger partial charge >= 0.3 is 0 Å². The van der Waals surface area contributed by atoms with E-state index in [2.05, 4.69) is 10.1 Å². The van der Waals surface area contributed by atoms with E-state index in [4.69, 9.17) is 4.74 Å². The van der Waals surface area contributed by atoms with Gasteiger partial charge in [0, 0.05) is 12.5 Å². The molecule has 1 unspecified atom stereocenters. The van der Waals surface area contributed by atoms with Crippen molar-refractivity contribution in [2.24, 2.45) is 0 Å². The molecule has 1 fully saturated rings. The van der Waals surface area contributed by atoms with Crippen molar-refractivity contribution in [3.63, 3.8) is 0 Å². The summed E-state index contributed by atoms with van der Waals surface area (Å²) in [6.07, 6.45) is 1.83. The van der Waals surface area contributed by atoms with Crippen LogP contribution in [-0.4, -0.2) is 41.1 Å². The van der Waals surface area contributed by atoms with Crippen molar-refractivity contribution in [3.05, 3.63) is 24.0 Å². The van der Waals surface area contributed by atoms with Crippen LogP contribution in [0.2, 0.25) is 0 Å². The summed E-state index contributed by atoms with van der Waals surface area (Å²) in [7, 11) is -1.39. The maximum atomic E-state index is 11.8. The molecule has 2 aromatic heterocycles. The largest absolute Gasteiger partial charge is 0.481 e. The minimum Gasteiger partial charge on any atom is -0.481 e. The van der Waals surface area contributed by atoms with E-state index in [1.54, 1.807) is 17.7 Å². The van der Waals surface area contributed by atoms with Crippen molar-refractivity contribution in [3.8, 4) is 5.88 Å². The van der Waals surface area contributed by atoms with Gasteiger partial charge in [-0.05, 0) is 18.9 Å². The molecule has 1 aliphatic rings. The Hall–Kier alpha value is -1.63. The molecule has 102 valence electrons. The lowest BCUT2D eigenvalue weighted by atomic mass is 10.2. The molecule has 0 N–H and O–H groups in total. The van der Waals surface area contributed by atoms with Gasteiger partial charge in [0.15, 0.2) is 21.3 Å². The molecule has 1 aliphatic heterocycles. The summed E-state index contributed by atoms with van der Waals surface area (Å²) in [5.74, 6) is 1.43. The summed E-state index contributed by atoms with van der Waals surface area (Å²) in [6.45, 7) is 0. The van der Waals surface area contributed by atoms with Gasteiger partial charge in [-0.2, -0.15) is 4.52 Å². The van der Waals surface area contributed by atoms with Gasteiger partial charge in [0.05, 0.1) is 18.1 Å². The predicted molar refractivity (Wildman–Crippen MR) is 70.1 cm³/mol. The van der Waals surface area contributed by atoms with Gasteiger partial charge in [-0.15, -0.1) is 5.10 Å². The SMILES string of the molecule is COc1cccc2nc(CC3CCCS3(=O)=O)nn12. The molecule has 19 heavy (non-hydrogen) atoms. The standard InChI is InChI=1S/C12H15N3O3S/c1-18-12-6-2-5-11-13-10(14-15(11)12)8-9-4-3-7-19(9,16)17/h2,5-6,9H,3-4,7-8H2,1H3. The van der Waals surface area contributed by atoms with Crippen LogP contribution in [0.3, 0.4) is 0 Å². The molecule has 0 amide bonds. The molecule has 0 spiro atoms. The summed E-state index contributed by atoms with van der Waals surface area (Å²) in [4.78, 5) is 4.36. The van der Waals surface area contributed by atoms with Crippen LogP contribution in [0.1, 0.15) is 18.7 Å². The second-order valence-electron chi connectivity index (χ2n) is 4.70. The van der Waals surface area contributed by atoms with Crippen LogP contribution in [0.4, 0.5) is 0 Å². The fourth-order valence-corrected chi connectivity index (χ4v) is 4.29. The van der Waals surface area contributed by atoms with E-state index in [0.29, 0.717) is 30.2 Å². The smallest absolute Gasteiger partial charge is 0.216 e. The van der Waals surface area contributed by atoms with Crippen LogP contribution in [-0.2, 0) is 16.3 Å². The van der Waals surface area contributed by atoms with E-state index in [1.165, 1.54) is 0 Å². The molecule has 0 aliphatic carbocycles. The van der Waals surface area contributed by atoms with E-state index in [-0.39, 0.29) is 11.0 Å². The maximum Gasteiger partial charge on any atom is 0.216 e. The van der Waals surface area contributed by atoms with E-state index in [9.17, 15) is 8.42 Å². The van der Waals surface area contributed by atoms with Crippen molar-refractivity contribution in [1.29, 1.82) is 0 Å². The fourth-order valence-electron chi connectivity index (χ4n) is 2.46. The number of hydrogen-bond acceptors (Lipinski definition) is 5. The molecule has 0 aromatic carbocycles. The monoisotopic (exact) mass is 281 g/mol. The minimum absolute atomic E-state index is 0.286. The number of rotatable bonds is 3. The first-order chi connectivity index (χ1) is 9.10. The Bertz CT molecular complexity index is 708. The van der Waals surface area contributed by atoms with E-state index < -0.39 is 9.84 Å². The molecule has 3 heterocycles. The number of nitrogens with zero attached hydrogens (tertiary/aromatic N) is 3. The molecule has 7 heteroatoms. The molecule has 1 atom stereocenters. The molecule has 0 saturated carbocycles. The molecule has 6 nitrogen and oxygen atoms in total. The summed E-state index contributed by atoms with van der Waals surface area (Å²) in [6, 6.07) is 5.44. The highest BCUT2D eigenvalue weighted by molar-refractivity contribution is 7.92. The summed E-state index contributed by atoms with van der Waals surface area (Å²) in [5.41, 5.74) is 0.671. The van der Waals surface area contributed by atoms with Crippen LogP contribution in [0.25, 0.3) is 5.65 Å². The highest BCUT2D eigenvalue weighted by Gasteiger charge is 2.32. The number of aromatic nitrogens is 3. The van der Waals surface area contributed by atoms with Crippen LogP contribution in [0.5, 0.6) is 5.88 Å². The van der Waals surface area contributed by atoms with Gasteiger partial charge in [-0.25, -0.2) is 13.4 Å². The van der Waals surface area contributed by atoms with Gasteiger partial charge < -0.3 is 4.74 Å².